The molecule has 0 unspecified atom stereocenters. The minimum Gasteiger partial charge on any atom is -0.462 e. The number of esters is 2. The third-order valence-electron chi connectivity index (χ3n) is 5.61. The highest BCUT2D eigenvalue weighted by molar-refractivity contribution is 5.95. The third kappa shape index (κ3) is 9.62. The average Bonchev–Trinajstić information content (AvgIpc) is 2.93. The lowest BCUT2D eigenvalue weighted by Crippen LogP contribution is -2.21. The lowest BCUT2D eigenvalue weighted by atomic mass is 10.1. The molecule has 0 aliphatic rings. The van der Waals surface area contributed by atoms with Gasteiger partial charge in [-0.25, -0.2) is 4.79 Å². The second-order valence-electron chi connectivity index (χ2n) is 8.84. The van der Waals surface area contributed by atoms with Gasteiger partial charge in [-0.3, -0.25) is 14.4 Å². The summed E-state index contributed by atoms with van der Waals surface area (Å²) < 4.78 is 15.8. The predicted octanol–water partition coefficient (Wildman–Crippen LogP) is 5.56. The van der Waals surface area contributed by atoms with Gasteiger partial charge in [0.05, 0.1) is 18.6 Å². The fourth-order valence-electron chi connectivity index (χ4n) is 3.34. The Labute approximate surface area is 227 Å². The van der Waals surface area contributed by atoms with Crippen molar-refractivity contribution in [1.29, 1.82) is 0 Å². The van der Waals surface area contributed by atoms with Crippen molar-refractivity contribution in [2.45, 2.75) is 40.0 Å². The summed E-state index contributed by atoms with van der Waals surface area (Å²) in [7, 11) is 0. The number of amides is 2. The Kier molecular flexibility index (Phi) is 10.6. The van der Waals surface area contributed by atoms with Crippen LogP contribution >= 0.6 is 0 Å². The van der Waals surface area contributed by atoms with Crippen LogP contribution in [0.4, 0.5) is 11.4 Å². The zero-order valence-corrected chi connectivity index (χ0v) is 22.2. The molecule has 0 saturated carbocycles. The van der Waals surface area contributed by atoms with Crippen LogP contribution < -0.4 is 15.4 Å². The van der Waals surface area contributed by atoms with Gasteiger partial charge in [0.15, 0.2) is 6.61 Å². The Morgan fingerprint density at radius 1 is 0.692 bits per heavy atom. The van der Waals surface area contributed by atoms with E-state index in [-0.39, 0.29) is 18.7 Å². The van der Waals surface area contributed by atoms with E-state index in [1.54, 1.807) is 36.4 Å². The van der Waals surface area contributed by atoms with E-state index in [2.05, 4.69) is 10.6 Å². The molecule has 3 aromatic rings. The van der Waals surface area contributed by atoms with E-state index < -0.39 is 24.5 Å². The quantitative estimate of drug-likeness (QED) is 0.293. The first kappa shape index (κ1) is 28.9. The van der Waals surface area contributed by atoms with Crippen LogP contribution in [0, 0.1) is 13.8 Å². The van der Waals surface area contributed by atoms with Crippen LogP contribution in [-0.2, 0) is 23.9 Å². The molecule has 0 spiro atoms. The van der Waals surface area contributed by atoms with Crippen molar-refractivity contribution in [1.82, 2.24) is 0 Å². The Hall–Kier alpha value is -4.66. The van der Waals surface area contributed by atoms with Gasteiger partial charge >= 0.3 is 11.9 Å². The zero-order chi connectivity index (χ0) is 28.2. The lowest BCUT2D eigenvalue weighted by Gasteiger charge is -2.10. The summed E-state index contributed by atoms with van der Waals surface area (Å²) in [6, 6.07) is 18.9. The van der Waals surface area contributed by atoms with E-state index in [9.17, 15) is 19.2 Å². The Morgan fingerprint density at radius 3 is 1.95 bits per heavy atom. The number of carbonyl (C=O) groups is 4. The predicted molar refractivity (Wildman–Crippen MR) is 147 cm³/mol. The minimum absolute atomic E-state index is 0.100. The smallest absolute Gasteiger partial charge is 0.338 e. The molecule has 0 radical (unpaired) electrons. The molecule has 0 bridgehead atoms. The highest BCUT2D eigenvalue weighted by atomic mass is 16.5. The summed E-state index contributed by atoms with van der Waals surface area (Å²) in [4.78, 5) is 48.1. The molecule has 0 saturated heterocycles. The van der Waals surface area contributed by atoms with E-state index in [1.165, 1.54) is 17.7 Å². The van der Waals surface area contributed by atoms with Crippen molar-refractivity contribution in [3.05, 3.63) is 83.4 Å². The molecular formula is C30H32N2O7. The van der Waals surface area contributed by atoms with E-state index in [0.717, 1.165) is 17.7 Å². The van der Waals surface area contributed by atoms with Crippen LogP contribution in [0.25, 0.3) is 0 Å². The first-order valence-electron chi connectivity index (χ1n) is 12.6. The number of aryl methyl sites for hydroxylation is 2. The van der Waals surface area contributed by atoms with Crippen molar-refractivity contribution >= 4 is 35.1 Å². The van der Waals surface area contributed by atoms with Gasteiger partial charge in [0.2, 0.25) is 5.91 Å². The summed E-state index contributed by atoms with van der Waals surface area (Å²) in [6.45, 7) is 5.79. The molecule has 39 heavy (non-hydrogen) atoms. The molecule has 3 rings (SSSR count). The van der Waals surface area contributed by atoms with E-state index in [1.807, 2.05) is 39.0 Å². The average molecular weight is 533 g/mol. The minimum atomic E-state index is -0.675. The van der Waals surface area contributed by atoms with Crippen molar-refractivity contribution in [3.63, 3.8) is 0 Å². The molecule has 2 N–H and O–H groups in total. The van der Waals surface area contributed by atoms with Gasteiger partial charge in [-0.1, -0.05) is 13.0 Å². The molecular weight excluding hydrogens is 500 g/mol. The molecule has 204 valence electrons. The molecule has 0 atom stereocenters. The Morgan fingerprint density at radius 2 is 1.31 bits per heavy atom. The first-order valence-corrected chi connectivity index (χ1v) is 12.6. The zero-order valence-electron chi connectivity index (χ0n) is 22.2. The van der Waals surface area contributed by atoms with E-state index in [0.29, 0.717) is 29.3 Å². The van der Waals surface area contributed by atoms with Gasteiger partial charge in [0.1, 0.15) is 11.5 Å². The molecule has 3 aromatic carbocycles. The van der Waals surface area contributed by atoms with Crippen LogP contribution in [0.1, 0.15) is 47.7 Å². The standard InChI is InChI=1S/C30H32N2O7/c1-4-17-37-30(36)22-6-8-23(9-7-22)32-28(34)19-38-29(35)16-15-27(33)31-24-10-13-25(14-11-24)39-26-12-5-20(2)21(3)18-26/h5-14,18H,4,15-17,19H2,1-3H3,(H,31,33)(H,32,34). The monoisotopic (exact) mass is 532 g/mol. The molecule has 2 amide bonds. The van der Waals surface area contributed by atoms with Crippen LogP contribution in [0.15, 0.2) is 66.7 Å². The largest absolute Gasteiger partial charge is 0.462 e. The van der Waals surface area contributed by atoms with Gasteiger partial charge < -0.3 is 24.8 Å². The highest BCUT2D eigenvalue weighted by Crippen LogP contribution is 2.25. The molecule has 0 aliphatic carbocycles. The number of rotatable bonds is 12. The number of ether oxygens (including phenoxy) is 3. The number of hydrogen-bond donors (Lipinski definition) is 2. The highest BCUT2D eigenvalue weighted by Gasteiger charge is 2.12. The number of nitrogens with one attached hydrogen (secondary N) is 2. The first-order chi connectivity index (χ1) is 18.7. The number of anilines is 2. The molecule has 0 heterocycles. The summed E-state index contributed by atoms with van der Waals surface area (Å²) in [6.07, 6.45) is 0.445. The van der Waals surface area contributed by atoms with Crippen molar-refractivity contribution in [2.24, 2.45) is 0 Å². The van der Waals surface area contributed by atoms with Crippen LogP contribution in [0.2, 0.25) is 0 Å². The maximum atomic E-state index is 12.2. The van der Waals surface area contributed by atoms with Crippen molar-refractivity contribution in [2.75, 3.05) is 23.8 Å². The fraction of sp³-hybridized carbons (Fsp3) is 0.267. The Balaban J connectivity index is 1.35. The molecule has 0 fully saturated rings. The normalized spacial score (nSPS) is 10.3. The van der Waals surface area contributed by atoms with Gasteiger partial charge in [-0.15, -0.1) is 0 Å². The topological polar surface area (TPSA) is 120 Å². The molecule has 9 heteroatoms. The van der Waals surface area contributed by atoms with Gasteiger partial charge in [-0.2, -0.15) is 0 Å². The van der Waals surface area contributed by atoms with Gasteiger partial charge in [0, 0.05) is 17.8 Å². The van der Waals surface area contributed by atoms with Gasteiger partial charge in [0.25, 0.3) is 5.91 Å². The molecule has 0 aromatic heterocycles. The summed E-state index contributed by atoms with van der Waals surface area (Å²) >= 11 is 0. The molecule has 9 nitrogen and oxygen atoms in total. The van der Waals surface area contributed by atoms with E-state index >= 15 is 0 Å². The van der Waals surface area contributed by atoms with Crippen LogP contribution in [-0.4, -0.2) is 37.0 Å². The second-order valence-corrected chi connectivity index (χ2v) is 8.84. The summed E-state index contributed by atoms with van der Waals surface area (Å²) in [5.41, 5.74) is 3.68. The van der Waals surface area contributed by atoms with Crippen LogP contribution in [0.5, 0.6) is 11.5 Å². The maximum Gasteiger partial charge on any atom is 0.338 e. The number of hydrogen-bond acceptors (Lipinski definition) is 7. The summed E-state index contributed by atoms with van der Waals surface area (Å²) in [5.74, 6) is -0.666. The SMILES string of the molecule is CCCOC(=O)c1ccc(NC(=O)COC(=O)CCC(=O)Nc2ccc(Oc3ccc(C)c(C)c3)cc2)cc1. The number of carbonyl (C=O) groups excluding carboxylic acids is 4. The fourth-order valence-corrected chi connectivity index (χ4v) is 3.34. The van der Waals surface area contributed by atoms with Crippen LogP contribution in [0.3, 0.4) is 0 Å². The van der Waals surface area contributed by atoms with Crippen molar-refractivity contribution in [3.8, 4) is 11.5 Å². The lowest BCUT2D eigenvalue weighted by molar-refractivity contribution is -0.147. The van der Waals surface area contributed by atoms with Gasteiger partial charge in [-0.05, 0) is 92.1 Å². The Bertz CT molecular complexity index is 1300. The van der Waals surface area contributed by atoms with Crippen molar-refractivity contribution < 1.29 is 33.4 Å². The third-order valence-corrected chi connectivity index (χ3v) is 5.61. The maximum absolute atomic E-state index is 12.2. The second kappa shape index (κ2) is 14.3. The summed E-state index contributed by atoms with van der Waals surface area (Å²) in [5, 5.41) is 5.28. The van der Waals surface area contributed by atoms with E-state index in [4.69, 9.17) is 14.2 Å². The number of benzene rings is 3. The molecule has 0 aliphatic heterocycles.